The number of aliphatic hydroxyl groups is 1. The number of hydrogen-bond acceptors (Lipinski definition) is 3. The summed E-state index contributed by atoms with van der Waals surface area (Å²) in [4.78, 5) is 23.0. The third kappa shape index (κ3) is 3.85. The Morgan fingerprint density at radius 2 is 1.94 bits per heavy atom. The summed E-state index contributed by atoms with van der Waals surface area (Å²) in [6, 6.07) is 5.48. The predicted molar refractivity (Wildman–Crippen MR) is 69.2 cm³/mol. The van der Waals surface area contributed by atoms with Gasteiger partial charge in [0.15, 0.2) is 0 Å². The molecule has 0 radical (unpaired) electrons. The highest BCUT2D eigenvalue weighted by atomic mass is 16.3. The molecule has 5 heteroatoms. The van der Waals surface area contributed by atoms with Gasteiger partial charge in [-0.05, 0) is 38.0 Å². The van der Waals surface area contributed by atoms with Gasteiger partial charge in [0.2, 0.25) is 0 Å². The number of aliphatic hydroxyl groups excluding tert-OH is 1. The fraction of sp³-hybridized carbons (Fsp3) is 0.385. The maximum Gasteiger partial charge on any atom is 0.313 e. The first kappa shape index (κ1) is 14.2. The summed E-state index contributed by atoms with van der Waals surface area (Å²) in [6.07, 6.45) is -0.678. The number of carbonyl (C=O) groups is 2. The molecule has 0 aromatic heterocycles. The molecular weight excluding hydrogens is 232 g/mol. The van der Waals surface area contributed by atoms with E-state index in [4.69, 9.17) is 5.11 Å². The van der Waals surface area contributed by atoms with Gasteiger partial charge in [-0.2, -0.15) is 0 Å². The molecular formula is C13H18N2O3. The van der Waals surface area contributed by atoms with Crippen molar-refractivity contribution in [1.82, 2.24) is 5.32 Å². The van der Waals surface area contributed by atoms with E-state index in [0.717, 1.165) is 11.1 Å². The average Bonchev–Trinajstić information content (AvgIpc) is 2.31. The molecule has 0 saturated carbocycles. The molecule has 0 aliphatic rings. The van der Waals surface area contributed by atoms with Gasteiger partial charge in [-0.3, -0.25) is 9.59 Å². The van der Waals surface area contributed by atoms with Crippen molar-refractivity contribution < 1.29 is 14.7 Å². The number of nitrogens with one attached hydrogen (secondary N) is 2. The zero-order valence-corrected chi connectivity index (χ0v) is 10.8. The van der Waals surface area contributed by atoms with Gasteiger partial charge in [0.05, 0.1) is 6.10 Å². The molecule has 0 heterocycles. The van der Waals surface area contributed by atoms with E-state index >= 15 is 0 Å². The zero-order chi connectivity index (χ0) is 13.7. The number of benzene rings is 1. The Morgan fingerprint density at radius 1 is 1.28 bits per heavy atom. The van der Waals surface area contributed by atoms with Crippen molar-refractivity contribution in [2.24, 2.45) is 0 Å². The van der Waals surface area contributed by atoms with E-state index in [-0.39, 0.29) is 6.54 Å². The maximum absolute atomic E-state index is 11.6. The lowest BCUT2D eigenvalue weighted by Crippen LogP contribution is -2.38. The number of anilines is 1. The van der Waals surface area contributed by atoms with Crippen LogP contribution in [0.5, 0.6) is 0 Å². The lowest BCUT2D eigenvalue weighted by Gasteiger charge is -2.11. The van der Waals surface area contributed by atoms with Crippen LogP contribution in [0.3, 0.4) is 0 Å². The van der Waals surface area contributed by atoms with Crippen LogP contribution in [0.2, 0.25) is 0 Å². The highest BCUT2D eigenvalue weighted by molar-refractivity contribution is 6.39. The minimum atomic E-state index is -0.753. The van der Waals surface area contributed by atoms with Crippen LogP contribution in [0, 0.1) is 13.8 Å². The molecule has 0 spiro atoms. The third-order valence-electron chi connectivity index (χ3n) is 2.62. The summed E-state index contributed by atoms with van der Waals surface area (Å²) in [5.41, 5.74) is 2.58. The second-order valence-electron chi connectivity index (χ2n) is 4.26. The normalized spacial score (nSPS) is 11.8. The van der Waals surface area contributed by atoms with E-state index in [1.165, 1.54) is 6.92 Å². The molecule has 0 saturated heterocycles. The van der Waals surface area contributed by atoms with Crippen molar-refractivity contribution in [3.05, 3.63) is 29.3 Å². The first-order valence-corrected chi connectivity index (χ1v) is 5.75. The molecule has 0 aliphatic carbocycles. The van der Waals surface area contributed by atoms with Gasteiger partial charge in [-0.1, -0.05) is 12.1 Å². The van der Waals surface area contributed by atoms with Gasteiger partial charge in [0.1, 0.15) is 0 Å². The van der Waals surface area contributed by atoms with Crippen LogP contribution >= 0.6 is 0 Å². The number of rotatable bonds is 3. The molecule has 18 heavy (non-hydrogen) atoms. The van der Waals surface area contributed by atoms with E-state index in [2.05, 4.69) is 10.6 Å². The minimum Gasteiger partial charge on any atom is -0.392 e. The lowest BCUT2D eigenvalue weighted by molar-refractivity contribution is -0.136. The van der Waals surface area contributed by atoms with E-state index < -0.39 is 17.9 Å². The second-order valence-corrected chi connectivity index (χ2v) is 4.26. The van der Waals surface area contributed by atoms with Gasteiger partial charge in [-0.25, -0.2) is 0 Å². The molecule has 3 N–H and O–H groups in total. The van der Waals surface area contributed by atoms with Gasteiger partial charge in [0, 0.05) is 12.2 Å². The standard InChI is InChI=1S/C13H18N2O3/c1-8-5-4-6-11(10(8)3)15-13(18)12(17)14-7-9(2)16/h4-6,9,16H,7H2,1-3H3,(H,14,17)(H,15,18). The van der Waals surface area contributed by atoms with Gasteiger partial charge in [0.25, 0.3) is 0 Å². The van der Waals surface area contributed by atoms with E-state index in [0.29, 0.717) is 5.69 Å². The molecule has 1 unspecified atom stereocenters. The van der Waals surface area contributed by atoms with Crippen LogP contribution in [-0.4, -0.2) is 29.6 Å². The molecule has 2 amide bonds. The number of hydrogen-bond donors (Lipinski definition) is 3. The zero-order valence-electron chi connectivity index (χ0n) is 10.8. The van der Waals surface area contributed by atoms with Gasteiger partial charge >= 0.3 is 11.8 Å². The van der Waals surface area contributed by atoms with E-state index in [9.17, 15) is 9.59 Å². The van der Waals surface area contributed by atoms with Crippen molar-refractivity contribution in [2.75, 3.05) is 11.9 Å². The number of carbonyl (C=O) groups excluding carboxylic acids is 2. The first-order chi connectivity index (χ1) is 8.41. The van der Waals surface area contributed by atoms with Crippen molar-refractivity contribution in [2.45, 2.75) is 26.9 Å². The Labute approximate surface area is 106 Å². The highest BCUT2D eigenvalue weighted by Crippen LogP contribution is 2.17. The number of aryl methyl sites for hydroxylation is 1. The van der Waals surface area contributed by atoms with E-state index in [1.54, 1.807) is 6.07 Å². The summed E-state index contributed by atoms with van der Waals surface area (Å²) < 4.78 is 0. The summed E-state index contributed by atoms with van der Waals surface area (Å²) in [5.74, 6) is -1.49. The van der Waals surface area contributed by atoms with Crippen molar-refractivity contribution in [1.29, 1.82) is 0 Å². The Hall–Kier alpha value is -1.88. The van der Waals surface area contributed by atoms with Crippen molar-refractivity contribution >= 4 is 17.5 Å². The topological polar surface area (TPSA) is 78.4 Å². The maximum atomic E-state index is 11.6. The molecule has 0 fully saturated rings. The molecule has 1 atom stereocenters. The van der Waals surface area contributed by atoms with Crippen molar-refractivity contribution in [3.63, 3.8) is 0 Å². The predicted octanol–water partition coefficient (Wildman–Crippen LogP) is 0.739. The van der Waals surface area contributed by atoms with Crippen LogP contribution in [-0.2, 0) is 9.59 Å². The van der Waals surface area contributed by atoms with Crippen LogP contribution in [0.25, 0.3) is 0 Å². The number of amides is 2. The van der Waals surface area contributed by atoms with Crippen LogP contribution in [0.1, 0.15) is 18.1 Å². The summed E-state index contributed by atoms with van der Waals surface area (Å²) >= 11 is 0. The summed E-state index contributed by atoms with van der Waals surface area (Å²) in [6.45, 7) is 5.39. The SMILES string of the molecule is Cc1cccc(NC(=O)C(=O)NCC(C)O)c1C. The second kappa shape index (κ2) is 6.16. The van der Waals surface area contributed by atoms with Gasteiger partial charge < -0.3 is 15.7 Å². The van der Waals surface area contributed by atoms with Crippen molar-refractivity contribution in [3.8, 4) is 0 Å². The molecule has 98 valence electrons. The quantitative estimate of drug-likeness (QED) is 0.692. The highest BCUT2D eigenvalue weighted by Gasteiger charge is 2.15. The van der Waals surface area contributed by atoms with Crippen LogP contribution in [0.15, 0.2) is 18.2 Å². The minimum absolute atomic E-state index is 0.0546. The molecule has 1 aromatic rings. The lowest BCUT2D eigenvalue weighted by atomic mass is 10.1. The first-order valence-electron chi connectivity index (χ1n) is 5.75. The Kier molecular flexibility index (Phi) is 4.85. The Morgan fingerprint density at radius 3 is 2.56 bits per heavy atom. The fourth-order valence-electron chi connectivity index (χ4n) is 1.39. The van der Waals surface area contributed by atoms with E-state index in [1.807, 2.05) is 26.0 Å². The molecule has 1 rings (SSSR count). The Bertz CT molecular complexity index is 456. The molecule has 0 bridgehead atoms. The molecule has 0 aliphatic heterocycles. The molecule has 5 nitrogen and oxygen atoms in total. The fourth-order valence-corrected chi connectivity index (χ4v) is 1.39. The third-order valence-corrected chi connectivity index (χ3v) is 2.62. The largest absolute Gasteiger partial charge is 0.392 e. The monoisotopic (exact) mass is 250 g/mol. The summed E-state index contributed by atoms with van der Waals surface area (Å²) in [5, 5.41) is 13.9. The molecule has 1 aromatic carbocycles. The average molecular weight is 250 g/mol. The van der Waals surface area contributed by atoms with Crippen LogP contribution in [0.4, 0.5) is 5.69 Å². The smallest absolute Gasteiger partial charge is 0.313 e. The van der Waals surface area contributed by atoms with Crippen LogP contribution < -0.4 is 10.6 Å². The Balaban J connectivity index is 2.64. The van der Waals surface area contributed by atoms with Gasteiger partial charge in [-0.15, -0.1) is 0 Å². The summed E-state index contributed by atoms with van der Waals surface area (Å²) in [7, 11) is 0.